The van der Waals surface area contributed by atoms with E-state index in [9.17, 15) is 9.59 Å². The van der Waals surface area contributed by atoms with Crippen molar-refractivity contribution in [2.45, 2.75) is 45.6 Å². The van der Waals surface area contributed by atoms with Gasteiger partial charge in [-0.05, 0) is 26.7 Å². The first-order valence-electron chi connectivity index (χ1n) is 7.16. The Morgan fingerprint density at radius 1 is 1.40 bits per heavy atom. The summed E-state index contributed by atoms with van der Waals surface area (Å²) in [6, 6.07) is 1.86. The summed E-state index contributed by atoms with van der Waals surface area (Å²) in [5, 5.41) is 17.9. The second kappa shape index (κ2) is 7.73. The van der Waals surface area contributed by atoms with Gasteiger partial charge in [-0.3, -0.25) is 4.79 Å². The molecule has 2 amide bonds. The second-order valence-corrected chi connectivity index (χ2v) is 5.31. The SMILES string of the molecule is CCN(CC(C)C#N)C(=O)N(CC(=O)O)C1CCCC1. The smallest absolute Gasteiger partial charge is 0.323 e. The van der Waals surface area contributed by atoms with E-state index >= 15 is 0 Å². The molecule has 0 aromatic carbocycles. The predicted molar refractivity (Wildman–Crippen MR) is 74.0 cm³/mol. The van der Waals surface area contributed by atoms with Gasteiger partial charge in [-0.25, -0.2) is 4.79 Å². The monoisotopic (exact) mass is 281 g/mol. The molecule has 1 aliphatic rings. The van der Waals surface area contributed by atoms with Gasteiger partial charge < -0.3 is 14.9 Å². The van der Waals surface area contributed by atoms with Gasteiger partial charge in [-0.2, -0.15) is 5.26 Å². The van der Waals surface area contributed by atoms with Crippen LogP contribution < -0.4 is 0 Å². The van der Waals surface area contributed by atoms with Gasteiger partial charge in [0.1, 0.15) is 6.54 Å². The lowest BCUT2D eigenvalue weighted by Gasteiger charge is -2.33. The van der Waals surface area contributed by atoms with Crippen LogP contribution in [0.25, 0.3) is 0 Å². The topological polar surface area (TPSA) is 84.6 Å². The predicted octanol–water partition coefficient (Wildman–Crippen LogP) is 1.92. The molecule has 1 saturated carbocycles. The summed E-state index contributed by atoms with van der Waals surface area (Å²) < 4.78 is 0. The highest BCUT2D eigenvalue weighted by atomic mass is 16.4. The van der Waals surface area contributed by atoms with Gasteiger partial charge in [0, 0.05) is 19.1 Å². The number of urea groups is 1. The minimum absolute atomic E-state index is 0.0186. The number of amides is 2. The van der Waals surface area contributed by atoms with E-state index in [1.165, 1.54) is 4.90 Å². The lowest BCUT2D eigenvalue weighted by molar-refractivity contribution is -0.138. The van der Waals surface area contributed by atoms with Crippen LogP contribution in [0.2, 0.25) is 0 Å². The number of nitriles is 1. The Balaban J connectivity index is 2.79. The van der Waals surface area contributed by atoms with E-state index in [4.69, 9.17) is 10.4 Å². The average Bonchev–Trinajstić information content (AvgIpc) is 2.94. The molecule has 0 aromatic heterocycles. The minimum atomic E-state index is -0.991. The average molecular weight is 281 g/mol. The number of carbonyl (C=O) groups is 2. The van der Waals surface area contributed by atoms with Crippen molar-refractivity contribution in [1.82, 2.24) is 9.80 Å². The lowest BCUT2D eigenvalue weighted by Crippen LogP contribution is -2.50. The molecule has 6 heteroatoms. The van der Waals surface area contributed by atoms with Crippen LogP contribution in [-0.2, 0) is 4.79 Å². The number of carbonyl (C=O) groups excluding carboxylic acids is 1. The van der Waals surface area contributed by atoms with Crippen molar-refractivity contribution in [2.24, 2.45) is 5.92 Å². The summed E-state index contributed by atoms with van der Waals surface area (Å²) in [4.78, 5) is 26.5. The third kappa shape index (κ3) is 4.41. The van der Waals surface area contributed by atoms with E-state index in [1.54, 1.807) is 11.8 Å². The second-order valence-electron chi connectivity index (χ2n) is 5.31. The van der Waals surface area contributed by atoms with Gasteiger partial charge in [-0.15, -0.1) is 0 Å². The highest BCUT2D eigenvalue weighted by Crippen LogP contribution is 2.24. The van der Waals surface area contributed by atoms with Crippen LogP contribution >= 0.6 is 0 Å². The van der Waals surface area contributed by atoms with Crippen molar-refractivity contribution in [3.05, 3.63) is 0 Å². The first kappa shape index (κ1) is 16.3. The first-order chi connectivity index (χ1) is 9.49. The van der Waals surface area contributed by atoms with E-state index in [1.807, 2.05) is 6.92 Å². The Kier molecular flexibility index (Phi) is 6.29. The Morgan fingerprint density at radius 2 is 2.00 bits per heavy atom. The van der Waals surface area contributed by atoms with Gasteiger partial charge in [0.05, 0.1) is 12.0 Å². The molecule has 0 spiro atoms. The normalized spacial score (nSPS) is 16.4. The van der Waals surface area contributed by atoms with E-state index in [0.29, 0.717) is 13.1 Å². The maximum absolute atomic E-state index is 12.5. The van der Waals surface area contributed by atoms with E-state index < -0.39 is 5.97 Å². The number of hydrogen-bond donors (Lipinski definition) is 1. The zero-order valence-corrected chi connectivity index (χ0v) is 12.2. The fourth-order valence-electron chi connectivity index (χ4n) is 2.61. The van der Waals surface area contributed by atoms with Crippen LogP contribution in [0.1, 0.15) is 39.5 Å². The molecule has 6 nitrogen and oxygen atoms in total. The molecular formula is C14H23N3O3. The summed E-state index contributed by atoms with van der Waals surface area (Å²) in [6.45, 7) is 4.16. The molecule has 0 saturated heterocycles. The fraction of sp³-hybridized carbons (Fsp3) is 0.786. The molecule has 0 aliphatic heterocycles. The van der Waals surface area contributed by atoms with Crippen LogP contribution in [0.4, 0.5) is 4.79 Å². The van der Waals surface area contributed by atoms with Crippen molar-refractivity contribution in [1.29, 1.82) is 5.26 Å². The minimum Gasteiger partial charge on any atom is -0.480 e. The first-order valence-corrected chi connectivity index (χ1v) is 7.16. The van der Waals surface area contributed by atoms with Crippen LogP contribution in [0.3, 0.4) is 0 Å². The van der Waals surface area contributed by atoms with Gasteiger partial charge in [0.25, 0.3) is 0 Å². The van der Waals surface area contributed by atoms with Crippen molar-refractivity contribution in [2.75, 3.05) is 19.6 Å². The fourth-order valence-corrected chi connectivity index (χ4v) is 2.61. The van der Waals surface area contributed by atoms with Crippen molar-refractivity contribution >= 4 is 12.0 Å². The number of carboxylic acids is 1. The summed E-state index contributed by atoms with van der Waals surface area (Å²) in [7, 11) is 0. The standard InChI is InChI=1S/C14H23N3O3/c1-3-16(9-11(2)8-15)14(20)17(10-13(18)19)12-6-4-5-7-12/h11-12H,3-7,9-10H2,1-2H3,(H,18,19). The van der Waals surface area contributed by atoms with Crippen molar-refractivity contribution < 1.29 is 14.7 Å². The van der Waals surface area contributed by atoms with E-state index in [0.717, 1.165) is 25.7 Å². The van der Waals surface area contributed by atoms with Crippen LogP contribution in [0, 0.1) is 17.2 Å². The molecule has 0 bridgehead atoms. The molecule has 0 radical (unpaired) electrons. The van der Waals surface area contributed by atoms with Gasteiger partial charge in [-0.1, -0.05) is 12.8 Å². The zero-order valence-electron chi connectivity index (χ0n) is 12.2. The van der Waals surface area contributed by atoms with Crippen LogP contribution in [-0.4, -0.2) is 52.6 Å². The highest BCUT2D eigenvalue weighted by Gasteiger charge is 2.31. The maximum atomic E-state index is 12.5. The maximum Gasteiger partial charge on any atom is 0.323 e. The zero-order chi connectivity index (χ0) is 15.1. The molecule has 1 fully saturated rings. The molecule has 1 N–H and O–H groups in total. The lowest BCUT2D eigenvalue weighted by atomic mass is 10.2. The third-order valence-corrected chi connectivity index (χ3v) is 3.68. The summed E-state index contributed by atoms with van der Waals surface area (Å²) in [5.41, 5.74) is 0. The quantitative estimate of drug-likeness (QED) is 0.806. The molecule has 1 unspecified atom stereocenters. The molecule has 20 heavy (non-hydrogen) atoms. The van der Waals surface area contributed by atoms with Crippen LogP contribution in [0.15, 0.2) is 0 Å². The number of carboxylic acid groups (broad SMARTS) is 1. The van der Waals surface area contributed by atoms with Gasteiger partial charge >= 0.3 is 12.0 Å². The van der Waals surface area contributed by atoms with Crippen molar-refractivity contribution in [3.63, 3.8) is 0 Å². The molecule has 1 aliphatic carbocycles. The Labute approximate surface area is 120 Å². The number of hydrogen-bond acceptors (Lipinski definition) is 3. The Bertz CT molecular complexity index is 386. The van der Waals surface area contributed by atoms with Gasteiger partial charge in [0.15, 0.2) is 0 Å². The van der Waals surface area contributed by atoms with Crippen LogP contribution in [0.5, 0.6) is 0 Å². The summed E-state index contributed by atoms with van der Waals surface area (Å²) in [5.74, 6) is -1.25. The molecule has 0 heterocycles. The number of nitrogens with zero attached hydrogens (tertiary/aromatic N) is 3. The van der Waals surface area contributed by atoms with Crippen molar-refractivity contribution in [3.8, 4) is 6.07 Å². The molecule has 1 rings (SSSR count). The Morgan fingerprint density at radius 3 is 2.45 bits per heavy atom. The number of aliphatic carboxylic acids is 1. The molecule has 0 aromatic rings. The third-order valence-electron chi connectivity index (χ3n) is 3.68. The largest absolute Gasteiger partial charge is 0.480 e. The number of rotatable bonds is 6. The highest BCUT2D eigenvalue weighted by molar-refractivity contribution is 5.80. The summed E-state index contributed by atoms with van der Waals surface area (Å²) >= 11 is 0. The molecule has 112 valence electrons. The van der Waals surface area contributed by atoms with E-state index in [2.05, 4.69) is 6.07 Å². The van der Waals surface area contributed by atoms with E-state index in [-0.39, 0.29) is 24.5 Å². The molecule has 1 atom stereocenters. The van der Waals surface area contributed by atoms with Gasteiger partial charge in [0.2, 0.25) is 0 Å². The Hall–Kier alpha value is -1.77. The molecular weight excluding hydrogens is 258 g/mol. The summed E-state index contributed by atoms with van der Waals surface area (Å²) in [6.07, 6.45) is 3.80.